The van der Waals surface area contributed by atoms with Gasteiger partial charge in [0.25, 0.3) is 0 Å². The van der Waals surface area contributed by atoms with Crippen LogP contribution in [0.4, 0.5) is 0 Å². The molecular weight excluding hydrogens is 294 g/mol. The van der Waals surface area contributed by atoms with Crippen LogP contribution >= 0.6 is 23.4 Å². The summed E-state index contributed by atoms with van der Waals surface area (Å²) in [7, 11) is 1.44. The molecular formula is C15H20ClNO2S. The largest absolute Gasteiger partial charge is 0.469 e. The molecule has 0 heterocycles. The Kier molecular flexibility index (Phi) is 5.35. The molecule has 20 heavy (non-hydrogen) atoms. The predicted molar refractivity (Wildman–Crippen MR) is 84.0 cm³/mol. The number of carbonyl (C=O) groups is 1. The summed E-state index contributed by atoms with van der Waals surface area (Å²) in [6.45, 7) is 0.544. The van der Waals surface area contributed by atoms with Crippen molar-refractivity contribution in [3.05, 3.63) is 34.9 Å². The van der Waals surface area contributed by atoms with Crippen molar-refractivity contribution in [2.75, 3.05) is 19.4 Å². The van der Waals surface area contributed by atoms with E-state index in [9.17, 15) is 4.79 Å². The minimum Gasteiger partial charge on any atom is -0.469 e. The summed E-state index contributed by atoms with van der Waals surface area (Å²) in [5.41, 5.74) is 7.08. The van der Waals surface area contributed by atoms with Gasteiger partial charge in [-0.05, 0) is 29.9 Å². The Morgan fingerprint density at radius 1 is 1.50 bits per heavy atom. The fraction of sp³-hybridized carbons (Fsp3) is 0.533. The maximum absolute atomic E-state index is 11.4. The summed E-state index contributed by atoms with van der Waals surface area (Å²) in [4.78, 5) is 11.4. The maximum Gasteiger partial charge on any atom is 0.306 e. The van der Waals surface area contributed by atoms with Gasteiger partial charge in [0.1, 0.15) is 0 Å². The SMILES string of the molecule is COC(=O)CC1(CSC(CN)c2ccccc2Cl)CC1. The number of nitrogens with two attached hydrogens (primary N) is 1. The van der Waals surface area contributed by atoms with Gasteiger partial charge in [-0.25, -0.2) is 0 Å². The van der Waals surface area contributed by atoms with E-state index in [4.69, 9.17) is 22.1 Å². The Balaban J connectivity index is 1.95. The molecule has 1 aliphatic carbocycles. The summed E-state index contributed by atoms with van der Waals surface area (Å²) in [5, 5.41) is 0.937. The smallest absolute Gasteiger partial charge is 0.306 e. The number of rotatable bonds is 7. The standard InChI is InChI=1S/C15H20ClNO2S/c1-19-14(18)8-15(6-7-15)10-20-13(9-17)11-4-2-3-5-12(11)16/h2-5,13H,6-10,17H2,1H3. The number of hydrogen-bond donors (Lipinski definition) is 1. The highest BCUT2D eigenvalue weighted by atomic mass is 35.5. The van der Waals surface area contributed by atoms with E-state index >= 15 is 0 Å². The van der Waals surface area contributed by atoms with E-state index in [1.807, 2.05) is 24.3 Å². The zero-order chi connectivity index (χ0) is 14.6. The Bertz CT molecular complexity index is 477. The van der Waals surface area contributed by atoms with Crippen molar-refractivity contribution in [2.24, 2.45) is 11.1 Å². The van der Waals surface area contributed by atoms with Gasteiger partial charge in [-0.2, -0.15) is 11.8 Å². The minimum atomic E-state index is -0.120. The molecule has 0 aliphatic heterocycles. The Morgan fingerprint density at radius 2 is 2.20 bits per heavy atom. The van der Waals surface area contributed by atoms with Crippen LogP contribution in [-0.4, -0.2) is 25.4 Å². The van der Waals surface area contributed by atoms with Crippen LogP contribution in [0.25, 0.3) is 0 Å². The molecule has 110 valence electrons. The molecule has 0 aromatic heterocycles. The van der Waals surface area contributed by atoms with Crippen molar-refractivity contribution < 1.29 is 9.53 Å². The van der Waals surface area contributed by atoms with E-state index in [0.717, 1.165) is 29.2 Å². The maximum atomic E-state index is 11.4. The molecule has 0 spiro atoms. The topological polar surface area (TPSA) is 52.3 Å². The molecule has 1 aliphatic rings. The van der Waals surface area contributed by atoms with Crippen LogP contribution in [0.1, 0.15) is 30.1 Å². The zero-order valence-corrected chi connectivity index (χ0v) is 13.2. The lowest BCUT2D eigenvalue weighted by atomic mass is 10.1. The summed E-state index contributed by atoms with van der Waals surface area (Å²) in [5.74, 6) is 0.806. The molecule has 0 bridgehead atoms. The summed E-state index contributed by atoms with van der Waals surface area (Å²) >= 11 is 8.02. The van der Waals surface area contributed by atoms with Gasteiger partial charge in [0, 0.05) is 22.6 Å². The van der Waals surface area contributed by atoms with E-state index in [0.29, 0.717) is 13.0 Å². The first-order chi connectivity index (χ1) is 9.60. The second-order valence-corrected chi connectivity index (χ2v) is 6.91. The fourth-order valence-electron chi connectivity index (χ4n) is 2.23. The Morgan fingerprint density at radius 3 is 2.75 bits per heavy atom. The third-order valence-electron chi connectivity index (χ3n) is 3.76. The lowest BCUT2D eigenvalue weighted by molar-refractivity contribution is -0.141. The highest BCUT2D eigenvalue weighted by Gasteiger charge is 2.44. The van der Waals surface area contributed by atoms with E-state index in [2.05, 4.69) is 0 Å². The molecule has 1 fully saturated rings. The van der Waals surface area contributed by atoms with Gasteiger partial charge in [0.2, 0.25) is 0 Å². The first-order valence-corrected chi connectivity index (χ1v) is 8.16. The number of esters is 1. The summed E-state index contributed by atoms with van der Waals surface area (Å²) in [6.07, 6.45) is 2.69. The molecule has 1 saturated carbocycles. The Hall–Kier alpha value is -0.710. The molecule has 1 aromatic rings. The molecule has 1 unspecified atom stereocenters. The lowest BCUT2D eigenvalue weighted by Crippen LogP contribution is -2.16. The monoisotopic (exact) mass is 313 g/mol. The van der Waals surface area contributed by atoms with E-state index in [-0.39, 0.29) is 16.6 Å². The quantitative estimate of drug-likeness (QED) is 0.784. The number of carbonyl (C=O) groups excluding carboxylic acids is 1. The normalized spacial score (nSPS) is 17.6. The van der Waals surface area contributed by atoms with Crippen LogP contribution in [0, 0.1) is 5.41 Å². The van der Waals surface area contributed by atoms with Crippen molar-refractivity contribution in [2.45, 2.75) is 24.5 Å². The summed E-state index contributed by atoms with van der Waals surface area (Å²) < 4.78 is 4.77. The number of hydrogen-bond acceptors (Lipinski definition) is 4. The van der Waals surface area contributed by atoms with Crippen molar-refractivity contribution in [3.63, 3.8) is 0 Å². The van der Waals surface area contributed by atoms with Crippen LogP contribution in [0.3, 0.4) is 0 Å². The predicted octanol–water partition coefficient (Wildman–Crippen LogP) is 3.42. The molecule has 1 atom stereocenters. The van der Waals surface area contributed by atoms with E-state index in [1.54, 1.807) is 11.8 Å². The summed E-state index contributed by atoms with van der Waals surface area (Å²) in [6, 6.07) is 7.81. The van der Waals surface area contributed by atoms with Gasteiger partial charge in [0.15, 0.2) is 0 Å². The molecule has 0 saturated heterocycles. The van der Waals surface area contributed by atoms with Gasteiger partial charge in [-0.15, -0.1) is 0 Å². The van der Waals surface area contributed by atoms with Crippen molar-refractivity contribution in [3.8, 4) is 0 Å². The first-order valence-electron chi connectivity index (χ1n) is 6.73. The fourth-order valence-corrected chi connectivity index (χ4v) is 4.02. The van der Waals surface area contributed by atoms with Crippen LogP contribution in [-0.2, 0) is 9.53 Å². The number of ether oxygens (including phenoxy) is 1. The minimum absolute atomic E-state index is 0.117. The second-order valence-electron chi connectivity index (χ2n) is 5.31. The molecule has 2 N–H and O–H groups in total. The van der Waals surface area contributed by atoms with Crippen molar-refractivity contribution >= 4 is 29.3 Å². The van der Waals surface area contributed by atoms with Crippen LogP contribution in [0.2, 0.25) is 5.02 Å². The van der Waals surface area contributed by atoms with E-state index < -0.39 is 0 Å². The number of halogens is 1. The lowest BCUT2D eigenvalue weighted by Gasteiger charge is -2.20. The average Bonchev–Trinajstić information content (AvgIpc) is 3.21. The van der Waals surface area contributed by atoms with Crippen LogP contribution in [0.15, 0.2) is 24.3 Å². The first kappa shape index (κ1) is 15.7. The third kappa shape index (κ3) is 3.90. The molecule has 1 aromatic carbocycles. The number of thioether (sulfide) groups is 1. The zero-order valence-electron chi connectivity index (χ0n) is 11.6. The highest BCUT2D eigenvalue weighted by Crippen LogP contribution is 2.53. The molecule has 0 amide bonds. The molecule has 3 nitrogen and oxygen atoms in total. The molecule has 0 radical (unpaired) electrons. The van der Waals surface area contributed by atoms with Crippen molar-refractivity contribution in [1.82, 2.24) is 0 Å². The van der Waals surface area contributed by atoms with Gasteiger partial charge < -0.3 is 10.5 Å². The van der Waals surface area contributed by atoms with Gasteiger partial charge in [-0.1, -0.05) is 29.8 Å². The molecule has 2 rings (SSSR count). The second kappa shape index (κ2) is 6.83. The van der Waals surface area contributed by atoms with Gasteiger partial charge >= 0.3 is 5.97 Å². The third-order valence-corrected chi connectivity index (χ3v) is 5.73. The van der Waals surface area contributed by atoms with Crippen LogP contribution in [0.5, 0.6) is 0 Å². The number of benzene rings is 1. The van der Waals surface area contributed by atoms with Crippen molar-refractivity contribution in [1.29, 1.82) is 0 Å². The molecule has 5 heteroatoms. The van der Waals surface area contributed by atoms with Crippen LogP contribution < -0.4 is 5.73 Å². The van der Waals surface area contributed by atoms with Gasteiger partial charge in [-0.3, -0.25) is 4.79 Å². The highest BCUT2D eigenvalue weighted by molar-refractivity contribution is 7.99. The average molecular weight is 314 g/mol. The number of methoxy groups -OCH3 is 1. The van der Waals surface area contributed by atoms with Gasteiger partial charge in [0.05, 0.1) is 13.5 Å². The van der Waals surface area contributed by atoms with E-state index in [1.165, 1.54) is 7.11 Å². The Labute approximate surface area is 129 Å².